The third kappa shape index (κ3) is 6.99. The Bertz CT molecular complexity index is 1010. The topological polar surface area (TPSA) is 116 Å². The van der Waals surface area contributed by atoms with Crippen molar-refractivity contribution in [2.75, 3.05) is 19.3 Å². The lowest BCUT2D eigenvalue weighted by molar-refractivity contribution is -0.119. The largest absolute Gasteiger partial charge is 0.382 e. The van der Waals surface area contributed by atoms with E-state index in [1.807, 2.05) is 4.72 Å². The number of hydrogen-bond donors (Lipinski definition) is 3. The zero-order chi connectivity index (χ0) is 25.0. The van der Waals surface area contributed by atoms with E-state index in [0.717, 1.165) is 31.6 Å². The summed E-state index contributed by atoms with van der Waals surface area (Å²) in [6.45, 7) is 0.666. The van der Waals surface area contributed by atoms with E-state index < -0.39 is 34.0 Å². The van der Waals surface area contributed by atoms with Crippen molar-refractivity contribution in [2.45, 2.75) is 56.6 Å². The predicted molar refractivity (Wildman–Crippen MR) is 122 cm³/mol. The van der Waals surface area contributed by atoms with Crippen LogP contribution in [-0.4, -0.2) is 61.9 Å². The Labute approximate surface area is 198 Å². The summed E-state index contributed by atoms with van der Waals surface area (Å²) in [6.07, 6.45) is 5.38. The number of rotatable bonds is 12. The first-order valence-corrected chi connectivity index (χ1v) is 13.2. The van der Waals surface area contributed by atoms with E-state index in [4.69, 9.17) is 0 Å². The van der Waals surface area contributed by atoms with Crippen molar-refractivity contribution >= 4 is 22.0 Å². The number of hydrogen-bond acceptors (Lipinski definition) is 5. The third-order valence-corrected chi connectivity index (χ3v) is 7.01. The molecule has 11 heteroatoms. The maximum Gasteiger partial charge on any atom is 0.318 e. The van der Waals surface area contributed by atoms with E-state index in [2.05, 4.69) is 5.32 Å². The molecule has 2 atom stereocenters. The molecule has 1 aromatic rings. The standard InChI is InChI=1S/C23H31F2N3O5S/c1-34(32,33)27-20(30)10-12-22(13-14-22)11-5-15-28-18(16-26-21(28)31)8-9-19(29)23(24,25)17-6-3-2-4-7-17/h2-4,6-9,18-19,29H,5,10-16H2,1H3,(H,26,31)(H,27,30)/t18-,19?/m0/s1. The Morgan fingerprint density at radius 2 is 2.00 bits per heavy atom. The number of alkyl halides is 2. The fourth-order valence-corrected chi connectivity index (χ4v) is 4.76. The molecular weight excluding hydrogens is 468 g/mol. The summed E-state index contributed by atoms with van der Waals surface area (Å²) in [6, 6.07) is 6.33. The van der Waals surface area contributed by atoms with Crippen molar-refractivity contribution in [2.24, 2.45) is 5.41 Å². The molecule has 1 unspecified atom stereocenters. The Hall–Kier alpha value is -2.53. The smallest absolute Gasteiger partial charge is 0.318 e. The van der Waals surface area contributed by atoms with Crippen LogP contribution >= 0.6 is 0 Å². The molecule has 1 aliphatic heterocycles. The number of benzene rings is 1. The van der Waals surface area contributed by atoms with Gasteiger partial charge in [0.2, 0.25) is 15.9 Å². The van der Waals surface area contributed by atoms with Gasteiger partial charge in [0.05, 0.1) is 12.3 Å². The molecule has 0 bridgehead atoms. The molecule has 1 saturated carbocycles. The van der Waals surface area contributed by atoms with Gasteiger partial charge in [0.15, 0.2) is 0 Å². The number of amides is 3. The molecule has 2 fully saturated rings. The molecule has 1 aromatic carbocycles. The molecule has 1 aliphatic carbocycles. The van der Waals surface area contributed by atoms with Gasteiger partial charge in [0, 0.05) is 25.1 Å². The molecule has 3 N–H and O–H groups in total. The first-order valence-electron chi connectivity index (χ1n) is 11.3. The predicted octanol–water partition coefficient (Wildman–Crippen LogP) is 2.51. The number of nitrogens with zero attached hydrogens (tertiary/aromatic N) is 1. The van der Waals surface area contributed by atoms with Crippen LogP contribution in [0.3, 0.4) is 0 Å². The van der Waals surface area contributed by atoms with Crippen LogP contribution in [0.1, 0.15) is 44.1 Å². The molecule has 34 heavy (non-hydrogen) atoms. The van der Waals surface area contributed by atoms with Crippen LogP contribution in [0.15, 0.2) is 42.5 Å². The van der Waals surface area contributed by atoms with E-state index in [9.17, 15) is 31.9 Å². The second-order valence-electron chi connectivity index (χ2n) is 9.17. The second-order valence-corrected chi connectivity index (χ2v) is 10.9. The number of carbonyl (C=O) groups is 2. The number of aliphatic hydroxyl groups is 1. The second kappa shape index (κ2) is 10.4. The highest BCUT2D eigenvalue weighted by atomic mass is 32.2. The van der Waals surface area contributed by atoms with Crippen molar-refractivity contribution in [3.63, 3.8) is 0 Å². The molecule has 1 heterocycles. The Morgan fingerprint density at radius 1 is 1.32 bits per heavy atom. The van der Waals surface area contributed by atoms with Crippen molar-refractivity contribution in [1.29, 1.82) is 0 Å². The number of carbonyl (C=O) groups excluding carboxylic acids is 2. The van der Waals surface area contributed by atoms with Crippen LogP contribution in [0.2, 0.25) is 0 Å². The Morgan fingerprint density at radius 3 is 2.62 bits per heavy atom. The molecule has 3 rings (SSSR count). The Kier molecular flexibility index (Phi) is 7.97. The SMILES string of the molecule is CS(=O)(=O)NC(=O)CCC1(CCCN2C(=O)NC[C@@H]2C=CC(O)C(F)(F)c2ccccc2)CC1. The van der Waals surface area contributed by atoms with E-state index in [1.54, 1.807) is 11.0 Å². The van der Waals surface area contributed by atoms with Gasteiger partial charge in [0.1, 0.15) is 6.10 Å². The van der Waals surface area contributed by atoms with Gasteiger partial charge in [-0.15, -0.1) is 0 Å². The van der Waals surface area contributed by atoms with Crippen LogP contribution in [-0.2, 0) is 20.7 Å². The van der Waals surface area contributed by atoms with Gasteiger partial charge < -0.3 is 15.3 Å². The number of urea groups is 1. The molecule has 1 saturated heterocycles. The minimum atomic E-state index is -3.57. The van der Waals surface area contributed by atoms with Crippen LogP contribution < -0.4 is 10.0 Å². The summed E-state index contributed by atoms with van der Waals surface area (Å²) in [4.78, 5) is 25.5. The van der Waals surface area contributed by atoms with Gasteiger partial charge in [-0.05, 0) is 37.5 Å². The summed E-state index contributed by atoms with van der Waals surface area (Å²) in [5, 5.41) is 12.8. The maximum absolute atomic E-state index is 14.5. The molecule has 0 aromatic heterocycles. The van der Waals surface area contributed by atoms with Crippen LogP contribution in [0.5, 0.6) is 0 Å². The monoisotopic (exact) mass is 499 g/mol. The summed E-state index contributed by atoms with van der Waals surface area (Å²) in [7, 11) is -3.57. The van der Waals surface area contributed by atoms with Gasteiger partial charge in [-0.2, -0.15) is 8.78 Å². The highest BCUT2D eigenvalue weighted by Gasteiger charge is 2.42. The van der Waals surface area contributed by atoms with Crippen LogP contribution in [0, 0.1) is 5.41 Å². The van der Waals surface area contributed by atoms with Crippen LogP contribution in [0.4, 0.5) is 13.6 Å². The summed E-state index contributed by atoms with van der Waals surface area (Å²) in [5.74, 6) is -3.98. The molecule has 0 radical (unpaired) electrons. The zero-order valence-electron chi connectivity index (χ0n) is 19.0. The fourth-order valence-electron chi connectivity index (χ4n) is 4.24. The fraction of sp³-hybridized carbons (Fsp3) is 0.565. The van der Waals surface area contributed by atoms with Gasteiger partial charge in [0.25, 0.3) is 0 Å². The maximum atomic E-state index is 14.5. The molecule has 3 amide bonds. The quantitative estimate of drug-likeness (QED) is 0.382. The lowest BCUT2D eigenvalue weighted by atomic mass is 9.94. The molecule has 0 spiro atoms. The van der Waals surface area contributed by atoms with Gasteiger partial charge >= 0.3 is 12.0 Å². The van der Waals surface area contributed by atoms with E-state index in [-0.39, 0.29) is 30.0 Å². The third-order valence-electron chi connectivity index (χ3n) is 6.41. The van der Waals surface area contributed by atoms with Gasteiger partial charge in [-0.25, -0.2) is 13.2 Å². The minimum Gasteiger partial charge on any atom is -0.382 e. The van der Waals surface area contributed by atoms with Gasteiger partial charge in [-0.1, -0.05) is 42.5 Å². The highest BCUT2D eigenvalue weighted by Crippen LogP contribution is 2.53. The summed E-state index contributed by atoms with van der Waals surface area (Å²) < 4.78 is 53.3. The van der Waals surface area contributed by atoms with Crippen LogP contribution in [0.25, 0.3) is 0 Å². The molecule has 2 aliphatic rings. The lowest BCUT2D eigenvalue weighted by Crippen LogP contribution is -2.35. The minimum absolute atomic E-state index is 0.0235. The van der Waals surface area contributed by atoms with E-state index in [0.29, 0.717) is 19.4 Å². The molecular formula is C23H31F2N3O5S. The Balaban J connectivity index is 1.50. The van der Waals surface area contributed by atoms with E-state index in [1.165, 1.54) is 30.3 Å². The normalized spacial score (nSPS) is 20.9. The number of sulfonamides is 1. The molecule has 8 nitrogen and oxygen atoms in total. The van der Waals surface area contributed by atoms with Crippen molar-refractivity contribution in [3.8, 4) is 0 Å². The highest BCUT2D eigenvalue weighted by molar-refractivity contribution is 7.89. The molecule has 188 valence electrons. The average molecular weight is 500 g/mol. The number of nitrogens with one attached hydrogen (secondary N) is 2. The first-order chi connectivity index (χ1) is 15.9. The van der Waals surface area contributed by atoms with Crippen molar-refractivity contribution < 1.29 is 31.9 Å². The number of aliphatic hydroxyl groups excluding tert-OH is 1. The van der Waals surface area contributed by atoms with Gasteiger partial charge in [-0.3, -0.25) is 9.52 Å². The summed E-state index contributed by atoms with van der Waals surface area (Å²) >= 11 is 0. The zero-order valence-corrected chi connectivity index (χ0v) is 19.9. The first kappa shape index (κ1) is 26.1. The van der Waals surface area contributed by atoms with Crippen molar-refractivity contribution in [1.82, 2.24) is 14.9 Å². The average Bonchev–Trinajstić information content (AvgIpc) is 3.46. The lowest BCUT2D eigenvalue weighted by Gasteiger charge is -2.24. The van der Waals surface area contributed by atoms with E-state index >= 15 is 0 Å². The summed E-state index contributed by atoms with van der Waals surface area (Å²) in [5.41, 5.74) is -0.311. The number of halogens is 2. The van der Waals surface area contributed by atoms with Crippen molar-refractivity contribution in [3.05, 3.63) is 48.0 Å².